The molecule has 18 heavy (non-hydrogen) atoms. The molecule has 0 aromatic carbocycles. The standard InChI is InChI=1S/C12H17ClN4O/c1-3-10-12(13)11(17(4-2)15-10)8-14-7-9-5-6-18-16-9/h5-6,14H,3-4,7-8H2,1-2H3. The second kappa shape index (κ2) is 6.02. The summed E-state index contributed by atoms with van der Waals surface area (Å²) in [7, 11) is 0. The minimum atomic E-state index is 0.656. The summed E-state index contributed by atoms with van der Waals surface area (Å²) in [5, 5.41) is 12.4. The molecule has 2 heterocycles. The van der Waals surface area contributed by atoms with Crippen LogP contribution < -0.4 is 5.32 Å². The van der Waals surface area contributed by atoms with Crippen molar-refractivity contribution >= 4 is 11.6 Å². The summed E-state index contributed by atoms with van der Waals surface area (Å²) in [6, 6.07) is 1.84. The van der Waals surface area contributed by atoms with E-state index >= 15 is 0 Å². The van der Waals surface area contributed by atoms with Crippen LogP contribution in [0, 0.1) is 0 Å². The second-order valence-electron chi connectivity index (χ2n) is 3.97. The van der Waals surface area contributed by atoms with E-state index in [9.17, 15) is 0 Å². The number of hydrogen-bond acceptors (Lipinski definition) is 4. The quantitative estimate of drug-likeness (QED) is 0.874. The highest BCUT2D eigenvalue weighted by Crippen LogP contribution is 2.21. The highest BCUT2D eigenvalue weighted by molar-refractivity contribution is 6.31. The SMILES string of the molecule is CCc1nn(CC)c(CNCc2ccon2)c1Cl. The summed E-state index contributed by atoms with van der Waals surface area (Å²) in [5.41, 5.74) is 2.86. The molecule has 2 aromatic heterocycles. The number of nitrogens with zero attached hydrogens (tertiary/aromatic N) is 3. The molecule has 0 amide bonds. The molecule has 98 valence electrons. The van der Waals surface area contributed by atoms with Gasteiger partial charge in [0, 0.05) is 25.7 Å². The summed E-state index contributed by atoms with van der Waals surface area (Å²) in [5.74, 6) is 0. The predicted molar refractivity (Wildman–Crippen MR) is 69.3 cm³/mol. The minimum absolute atomic E-state index is 0.656. The van der Waals surface area contributed by atoms with Gasteiger partial charge in [0.2, 0.25) is 0 Å². The van der Waals surface area contributed by atoms with Crippen LogP contribution in [-0.2, 0) is 26.1 Å². The van der Waals surface area contributed by atoms with Crippen LogP contribution in [0.1, 0.15) is 30.9 Å². The van der Waals surface area contributed by atoms with Crippen LogP contribution >= 0.6 is 11.6 Å². The minimum Gasteiger partial charge on any atom is -0.364 e. The predicted octanol–water partition coefficient (Wildman–Crippen LogP) is 2.40. The molecular weight excluding hydrogens is 252 g/mol. The molecule has 0 saturated heterocycles. The molecule has 0 atom stereocenters. The molecule has 0 spiro atoms. The van der Waals surface area contributed by atoms with Crippen molar-refractivity contribution in [3.8, 4) is 0 Å². The van der Waals surface area contributed by atoms with Gasteiger partial charge in [-0.1, -0.05) is 23.7 Å². The average molecular weight is 269 g/mol. The molecule has 6 heteroatoms. The zero-order valence-corrected chi connectivity index (χ0v) is 11.4. The van der Waals surface area contributed by atoms with Crippen molar-refractivity contribution in [3.63, 3.8) is 0 Å². The zero-order chi connectivity index (χ0) is 13.0. The monoisotopic (exact) mass is 268 g/mol. The van der Waals surface area contributed by atoms with Crippen molar-refractivity contribution in [3.05, 3.63) is 34.4 Å². The van der Waals surface area contributed by atoms with Crippen LogP contribution in [0.5, 0.6) is 0 Å². The molecule has 2 rings (SSSR count). The third-order valence-corrected chi connectivity index (χ3v) is 3.22. The molecule has 0 aliphatic heterocycles. The summed E-state index contributed by atoms with van der Waals surface area (Å²) in [4.78, 5) is 0. The van der Waals surface area contributed by atoms with Crippen molar-refractivity contribution in [2.75, 3.05) is 0 Å². The molecule has 0 aliphatic carbocycles. The van der Waals surface area contributed by atoms with Gasteiger partial charge in [0.15, 0.2) is 0 Å². The van der Waals surface area contributed by atoms with Crippen LogP contribution in [0.25, 0.3) is 0 Å². The fourth-order valence-corrected chi connectivity index (χ4v) is 2.16. The summed E-state index contributed by atoms with van der Waals surface area (Å²) >= 11 is 6.31. The lowest BCUT2D eigenvalue weighted by atomic mass is 10.3. The Kier molecular flexibility index (Phi) is 4.38. The molecule has 2 aromatic rings. The fourth-order valence-electron chi connectivity index (χ4n) is 1.82. The largest absolute Gasteiger partial charge is 0.364 e. The maximum absolute atomic E-state index is 6.31. The van der Waals surface area contributed by atoms with Crippen LogP contribution in [0.4, 0.5) is 0 Å². The first-order valence-corrected chi connectivity index (χ1v) is 6.48. The number of aryl methyl sites for hydroxylation is 2. The van der Waals surface area contributed by atoms with Gasteiger partial charge in [0.25, 0.3) is 0 Å². The van der Waals surface area contributed by atoms with Gasteiger partial charge in [-0.25, -0.2) is 0 Å². The Bertz CT molecular complexity index is 492. The lowest BCUT2D eigenvalue weighted by molar-refractivity contribution is 0.408. The van der Waals surface area contributed by atoms with E-state index in [0.29, 0.717) is 13.1 Å². The van der Waals surface area contributed by atoms with Crippen LogP contribution in [-0.4, -0.2) is 14.9 Å². The Morgan fingerprint density at radius 1 is 1.39 bits per heavy atom. The summed E-state index contributed by atoms with van der Waals surface area (Å²) in [6.45, 7) is 6.27. The molecule has 5 nitrogen and oxygen atoms in total. The number of halogens is 1. The van der Waals surface area contributed by atoms with Gasteiger partial charge >= 0.3 is 0 Å². The van der Waals surface area contributed by atoms with E-state index < -0.39 is 0 Å². The van der Waals surface area contributed by atoms with Gasteiger partial charge < -0.3 is 9.84 Å². The van der Waals surface area contributed by atoms with E-state index in [-0.39, 0.29) is 0 Å². The van der Waals surface area contributed by atoms with E-state index in [2.05, 4.69) is 29.4 Å². The summed E-state index contributed by atoms with van der Waals surface area (Å²) in [6.07, 6.45) is 2.41. The Hall–Kier alpha value is -1.33. The molecule has 1 N–H and O–H groups in total. The zero-order valence-electron chi connectivity index (χ0n) is 10.6. The summed E-state index contributed by atoms with van der Waals surface area (Å²) < 4.78 is 6.72. The van der Waals surface area contributed by atoms with Crippen molar-refractivity contribution < 1.29 is 4.52 Å². The number of aromatic nitrogens is 3. The molecule has 0 radical (unpaired) electrons. The highest BCUT2D eigenvalue weighted by atomic mass is 35.5. The fraction of sp³-hybridized carbons (Fsp3) is 0.500. The smallest absolute Gasteiger partial charge is 0.124 e. The second-order valence-corrected chi connectivity index (χ2v) is 4.35. The van der Waals surface area contributed by atoms with Crippen molar-refractivity contribution in [1.29, 1.82) is 0 Å². The number of hydrogen-bond donors (Lipinski definition) is 1. The topological polar surface area (TPSA) is 55.9 Å². The lowest BCUT2D eigenvalue weighted by Gasteiger charge is -2.06. The van der Waals surface area contributed by atoms with E-state index in [1.165, 1.54) is 0 Å². The Balaban J connectivity index is 2.01. The van der Waals surface area contributed by atoms with Crippen LogP contribution in [0.2, 0.25) is 5.02 Å². The number of nitrogens with one attached hydrogen (secondary N) is 1. The Morgan fingerprint density at radius 3 is 2.83 bits per heavy atom. The van der Waals surface area contributed by atoms with Crippen LogP contribution in [0.15, 0.2) is 16.9 Å². The lowest BCUT2D eigenvalue weighted by Crippen LogP contribution is -2.16. The van der Waals surface area contributed by atoms with Crippen molar-refractivity contribution in [1.82, 2.24) is 20.3 Å². The highest BCUT2D eigenvalue weighted by Gasteiger charge is 2.13. The third-order valence-electron chi connectivity index (χ3n) is 2.78. The molecular formula is C12H17ClN4O. The molecule has 0 bridgehead atoms. The van der Waals surface area contributed by atoms with Gasteiger partial charge in [-0.15, -0.1) is 0 Å². The van der Waals surface area contributed by atoms with Crippen molar-refractivity contribution in [2.45, 2.75) is 39.9 Å². The molecule has 0 fully saturated rings. The first-order chi connectivity index (χ1) is 8.76. The van der Waals surface area contributed by atoms with Crippen LogP contribution in [0.3, 0.4) is 0 Å². The van der Waals surface area contributed by atoms with Gasteiger partial charge in [-0.05, 0) is 13.3 Å². The van der Waals surface area contributed by atoms with Gasteiger partial charge in [-0.2, -0.15) is 5.10 Å². The maximum Gasteiger partial charge on any atom is 0.124 e. The van der Waals surface area contributed by atoms with Crippen molar-refractivity contribution in [2.24, 2.45) is 0 Å². The third kappa shape index (κ3) is 2.73. The Morgan fingerprint density at radius 2 is 2.22 bits per heavy atom. The van der Waals surface area contributed by atoms with Gasteiger partial charge in [0.05, 0.1) is 22.1 Å². The first-order valence-electron chi connectivity index (χ1n) is 6.10. The maximum atomic E-state index is 6.31. The first kappa shape index (κ1) is 13.1. The van der Waals surface area contributed by atoms with E-state index in [4.69, 9.17) is 16.1 Å². The van der Waals surface area contributed by atoms with Gasteiger partial charge in [-0.3, -0.25) is 4.68 Å². The average Bonchev–Trinajstić information content (AvgIpc) is 2.99. The molecule has 0 aliphatic rings. The molecule has 0 unspecified atom stereocenters. The van der Waals surface area contributed by atoms with E-state index in [0.717, 1.165) is 35.1 Å². The van der Waals surface area contributed by atoms with E-state index in [1.807, 2.05) is 10.7 Å². The number of rotatable bonds is 6. The van der Waals surface area contributed by atoms with E-state index in [1.54, 1.807) is 6.26 Å². The Labute approximate surface area is 111 Å². The molecule has 0 saturated carbocycles. The van der Waals surface area contributed by atoms with Gasteiger partial charge in [0.1, 0.15) is 6.26 Å². The normalized spacial score (nSPS) is 11.1.